The number of aryl methyl sites for hydroxylation is 1. The SMILES string of the molecule is CC(c1ccc(C(F)(F)F)cc1)N1Cc2cc(CCCN3CCN(C)CC3)cc(Cl)c2C1=O. The molecule has 2 aliphatic rings. The predicted molar refractivity (Wildman–Crippen MR) is 123 cm³/mol. The fourth-order valence-corrected chi connectivity index (χ4v) is 5.00. The van der Waals surface area contributed by atoms with Gasteiger partial charge < -0.3 is 14.7 Å². The zero-order chi connectivity index (χ0) is 23.8. The molecular weight excluding hydrogens is 451 g/mol. The van der Waals surface area contributed by atoms with Crippen molar-refractivity contribution >= 4 is 17.5 Å². The minimum Gasteiger partial charge on any atom is -0.327 e. The number of rotatable bonds is 6. The van der Waals surface area contributed by atoms with Crippen LogP contribution in [-0.2, 0) is 19.1 Å². The van der Waals surface area contributed by atoms with E-state index in [4.69, 9.17) is 11.6 Å². The van der Waals surface area contributed by atoms with Gasteiger partial charge in [-0.2, -0.15) is 13.2 Å². The third-order valence-corrected chi connectivity index (χ3v) is 7.07. The van der Waals surface area contributed by atoms with Crippen molar-refractivity contribution in [2.45, 2.75) is 38.5 Å². The minimum absolute atomic E-state index is 0.175. The van der Waals surface area contributed by atoms with Crippen LogP contribution in [0.2, 0.25) is 5.02 Å². The zero-order valence-electron chi connectivity index (χ0n) is 19.0. The summed E-state index contributed by atoms with van der Waals surface area (Å²) in [6.45, 7) is 7.65. The Morgan fingerprint density at radius 3 is 2.36 bits per heavy atom. The normalized spacial score (nSPS) is 18.6. The van der Waals surface area contributed by atoms with E-state index in [1.54, 1.807) is 4.90 Å². The molecule has 4 rings (SSSR count). The highest BCUT2D eigenvalue weighted by Gasteiger charge is 2.34. The number of carbonyl (C=O) groups is 1. The van der Waals surface area contributed by atoms with Crippen LogP contribution in [0.3, 0.4) is 0 Å². The van der Waals surface area contributed by atoms with Gasteiger partial charge in [0.2, 0.25) is 0 Å². The topological polar surface area (TPSA) is 26.8 Å². The fraction of sp³-hybridized carbons (Fsp3) is 0.480. The Morgan fingerprint density at radius 1 is 1.06 bits per heavy atom. The maximum absolute atomic E-state index is 13.1. The highest BCUT2D eigenvalue weighted by Crippen LogP contribution is 2.37. The average molecular weight is 480 g/mol. The molecule has 0 bridgehead atoms. The number of benzene rings is 2. The first-order chi connectivity index (χ1) is 15.6. The first-order valence-corrected chi connectivity index (χ1v) is 11.7. The van der Waals surface area contributed by atoms with Crippen molar-refractivity contribution in [3.8, 4) is 0 Å². The lowest BCUT2D eigenvalue weighted by molar-refractivity contribution is -0.137. The van der Waals surface area contributed by atoms with Crippen molar-refractivity contribution in [2.75, 3.05) is 39.8 Å². The van der Waals surface area contributed by atoms with Crippen molar-refractivity contribution in [1.82, 2.24) is 14.7 Å². The molecule has 33 heavy (non-hydrogen) atoms. The molecule has 178 valence electrons. The average Bonchev–Trinajstić information content (AvgIpc) is 3.11. The summed E-state index contributed by atoms with van der Waals surface area (Å²) in [5.74, 6) is -0.175. The number of alkyl halides is 3. The standard InChI is InChI=1S/C25H29ClF3N3O/c1-17(19-5-7-21(8-6-19)25(27,28)29)32-16-20-14-18(15-22(26)23(20)24(32)33)4-3-9-31-12-10-30(2)11-13-31/h5-8,14-15,17H,3-4,9-13,16H2,1-2H3. The molecule has 0 N–H and O–H groups in total. The van der Waals surface area contributed by atoms with Gasteiger partial charge in [-0.25, -0.2) is 0 Å². The van der Waals surface area contributed by atoms with Crippen molar-refractivity contribution in [2.24, 2.45) is 0 Å². The van der Waals surface area contributed by atoms with Crippen LogP contribution in [0.1, 0.15) is 52.0 Å². The quantitative estimate of drug-likeness (QED) is 0.565. The number of fused-ring (bicyclic) bond motifs is 1. The molecule has 0 saturated carbocycles. The Morgan fingerprint density at radius 2 is 1.73 bits per heavy atom. The van der Waals surface area contributed by atoms with Gasteiger partial charge in [0.15, 0.2) is 0 Å². The predicted octanol–water partition coefficient (Wildman–Crippen LogP) is 5.26. The Labute approximate surface area is 197 Å². The summed E-state index contributed by atoms with van der Waals surface area (Å²) >= 11 is 6.51. The molecule has 1 amide bonds. The number of halogens is 4. The van der Waals surface area contributed by atoms with E-state index in [-0.39, 0.29) is 11.9 Å². The summed E-state index contributed by atoms with van der Waals surface area (Å²) < 4.78 is 38.6. The molecule has 0 radical (unpaired) electrons. The molecule has 8 heteroatoms. The Kier molecular flexibility index (Phi) is 7.03. The molecular formula is C25H29ClF3N3O. The Hall–Kier alpha value is -2.09. The number of nitrogens with zero attached hydrogens (tertiary/aromatic N) is 3. The highest BCUT2D eigenvalue weighted by molar-refractivity contribution is 6.34. The van der Waals surface area contributed by atoms with Crippen LogP contribution in [-0.4, -0.2) is 60.4 Å². The Balaban J connectivity index is 1.41. The summed E-state index contributed by atoms with van der Waals surface area (Å²) in [4.78, 5) is 19.6. The minimum atomic E-state index is -4.38. The third-order valence-electron chi connectivity index (χ3n) is 6.77. The maximum Gasteiger partial charge on any atom is 0.416 e. The van der Waals surface area contributed by atoms with E-state index in [1.807, 2.05) is 13.0 Å². The number of carbonyl (C=O) groups excluding carboxylic acids is 1. The largest absolute Gasteiger partial charge is 0.416 e. The molecule has 4 nitrogen and oxygen atoms in total. The smallest absolute Gasteiger partial charge is 0.327 e. The second kappa shape index (κ2) is 9.65. The molecule has 1 fully saturated rings. The number of amides is 1. The van der Waals surface area contributed by atoms with Crippen LogP contribution >= 0.6 is 11.6 Å². The second-order valence-corrected chi connectivity index (χ2v) is 9.50. The molecule has 2 heterocycles. The summed E-state index contributed by atoms with van der Waals surface area (Å²) in [6, 6.07) is 8.58. The van der Waals surface area contributed by atoms with Gasteiger partial charge in [0, 0.05) is 32.7 Å². The molecule has 0 aliphatic carbocycles. The number of likely N-dealkylation sites (N-methyl/N-ethyl adjacent to an activating group) is 1. The van der Waals surface area contributed by atoms with Gasteiger partial charge in [-0.1, -0.05) is 29.8 Å². The molecule has 1 saturated heterocycles. The van der Waals surface area contributed by atoms with Gasteiger partial charge in [-0.15, -0.1) is 0 Å². The van der Waals surface area contributed by atoms with E-state index in [2.05, 4.69) is 22.9 Å². The zero-order valence-corrected chi connectivity index (χ0v) is 19.7. The van der Waals surface area contributed by atoms with Gasteiger partial charge in [-0.05, 0) is 68.2 Å². The van der Waals surface area contributed by atoms with Crippen molar-refractivity contribution in [3.63, 3.8) is 0 Å². The van der Waals surface area contributed by atoms with Gasteiger partial charge in [-0.3, -0.25) is 4.79 Å². The molecule has 2 aliphatic heterocycles. The van der Waals surface area contributed by atoms with Crippen LogP contribution in [0.25, 0.3) is 0 Å². The first-order valence-electron chi connectivity index (χ1n) is 11.3. The molecule has 0 spiro atoms. The van der Waals surface area contributed by atoms with Crippen LogP contribution < -0.4 is 0 Å². The second-order valence-electron chi connectivity index (χ2n) is 9.09. The van der Waals surface area contributed by atoms with Crippen molar-refractivity contribution < 1.29 is 18.0 Å². The van der Waals surface area contributed by atoms with Crippen molar-refractivity contribution in [3.05, 3.63) is 69.2 Å². The molecule has 2 aromatic rings. The molecule has 1 atom stereocenters. The summed E-state index contributed by atoms with van der Waals surface area (Å²) in [6.07, 6.45) is -2.46. The highest BCUT2D eigenvalue weighted by atomic mass is 35.5. The number of hydrogen-bond donors (Lipinski definition) is 0. The monoisotopic (exact) mass is 479 g/mol. The fourth-order valence-electron chi connectivity index (χ4n) is 4.66. The summed E-state index contributed by atoms with van der Waals surface area (Å²) in [7, 11) is 2.15. The lowest BCUT2D eigenvalue weighted by Gasteiger charge is -2.32. The van der Waals surface area contributed by atoms with Crippen LogP contribution in [0.4, 0.5) is 13.2 Å². The summed E-state index contributed by atoms with van der Waals surface area (Å²) in [5, 5.41) is 0.453. The van der Waals surface area contributed by atoms with Gasteiger partial charge in [0.25, 0.3) is 5.91 Å². The lowest BCUT2D eigenvalue weighted by atomic mass is 10.0. The first kappa shape index (κ1) is 24.0. The van der Waals surface area contributed by atoms with E-state index in [9.17, 15) is 18.0 Å². The van der Waals surface area contributed by atoms with Gasteiger partial charge in [0.1, 0.15) is 0 Å². The van der Waals surface area contributed by atoms with Crippen LogP contribution in [0, 0.1) is 0 Å². The van der Waals surface area contributed by atoms with Crippen LogP contribution in [0.5, 0.6) is 0 Å². The van der Waals surface area contributed by atoms with E-state index in [0.717, 1.165) is 68.8 Å². The summed E-state index contributed by atoms with van der Waals surface area (Å²) in [5.41, 5.74) is 2.48. The molecule has 2 aromatic carbocycles. The van der Waals surface area contributed by atoms with Crippen molar-refractivity contribution in [1.29, 1.82) is 0 Å². The van der Waals surface area contributed by atoms with Crippen LogP contribution in [0.15, 0.2) is 36.4 Å². The molecule has 1 unspecified atom stereocenters. The van der Waals surface area contributed by atoms with E-state index < -0.39 is 11.7 Å². The lowest BCUT2D eigenvalue weighted by Crippen LogP contribution is -2.44. The van der Waals surface area contributed by atoms with E-state index >= 15 is 0 Å². The third kappa shape index (κ3) is 5.36. The number of piperazine rings is 1. The van der Waals surface area contributed by atoms with E-state index in [1.165, 1.54) is 12.1 Å². The maximum atomic E-state index is 13.1. The van der Waals surface area contributed by atoms with E-state index in [0.29, 0.717) is 22.7 Å². The molecule has 0 aromatic heterocycles. The Bertz CT molecular complexity index is 1000. The number of hydrogen-bond acceptors (Lipinski definition) is 3. The van der Waals surface area contributed by atoms with Gasteiger partial charge >= 0.3 is 6.18 Å². The van der Waals surface area contributed by atoms with Gasteiger partial charge in [0.05, 0.1) is 22.2 Å².